The van der Waals surface area contributed by atoms with Crippen LogP contribution >= 0.6 is 7.52 Å². The molecule has 1 aliphatic carbocycles. The second-order valence-electron chi connectivity index (χ2n) is 10.1. The van der Waals surface area contributed by atoms with Gasteiger partial charge in [0.2, 0.25) is 0 Å². The van der Waals surface area contributed by atoms with E-state index in [-0.39, 0.29) is 24.4 Å². The van der Waals surface area contributed by atoms with Crippen molar-refractivity contribution in [2.24, 2.45) is 0 Å². The number of hydrogen-bond donors (Lipinski definition) is 2. The lowest BCUT2D eigenvalue weighted by molar-refractivity contribution is -0.156. The zero-order valence-electron chi connectivity index (χ0n) is 22.7. The molecule has 1 saturated carbocycles. The van der Waals surface area contributed by atoms with Crippen LogP contribution in [0.1, 0.15) is 66.7 Å². The van der Waals surface area contributed by atoms with Gasteiger partial charge in [-0.1, -0.05) is 19.3 Å². The maximum atomic E-state index is 14.1. The lowest BCUT2D eigenvalue weighted by Gasteiger charge is -2.38. The highest BCUT2D eigenvalue weighted by atomic mass is 31.2. The van der Waals surface area contributed by atoms with E-state index in [4.69, 9.17) is 24.5 Å². The van der Waals surface area contributed by atoms with Gasteiger partial charge in [0.15, 0.2) is 18.1 Å². The van der Waals surface area contributed by atoms with Gasteiger partial charge in [0.25, 0.3) is 7.52 Å². The van der Waals surface area contributed by atoms with Crippen molar-refractivity contribution in [1.29, 1.82) is 0 Å². The summed E-state index contributed by atoms with van der Waals surface area (Å²) < 4.78 is 38.1. The Morgan fingerprint density at radius 1 is 1.08 bits per heavy atom. The molecule has 2 unspecified atom stereocenters. The highest BCUT2D eigenvalue weighted by Crippen LogP contribution is 2.48. The number of rotatable bonds is 13. The largest absolute Gasteiger partial charge is 0.462 e. The van der Waals surface area contributed by atoms with Crippen molar-refractivity contribution in [2.75, 3.05) is 18.7 Å². The Balaban J connectivity index is 1.77. The van der Waals surface area contributed by atoms with Gasteiger partial charge in [-0.25, -0.2) is 24.8 Å². The first-order valence-corrected chi connectivity index (χ1v) is 14.7. The Morgan fingerprint density at radius 2 is 1.76 bits per heavy atom. The molecule has 212 valence electrons. The summed E-state index contributed by atoms with van der Waals surface area (Å²) in [6.07, 6.45) is 4.70. The first-order valence-electron chi connectivity index (χ1n) is 12.9. The van der Waals surface area contributed by atoms with E-state index in [1.165, 1.54) is 6.33 Å². The Kier molecular flexibility index (Phi) is 10.2. The maximum absolute atomic E-state index is 14.1. The predicted molar refractivity (Wildman–Crippen MR) is 140 cm³/mol. The van der Waals surface area contributed by atoms with Crippen LogP contribution in [0.3, 0.4) is 0 Å². The molecule has 13 nitrogen and oxygen atoms in total. The summed E-state index contributed by atoms with van der Waals surface area (Å²) in [6.45, 7) is 8.48. The number of aromatic nitrogens is 4. The van der Waals surface area contributed by atoms with E-state index in [2.05, 4.69) is 20.0 Å². The van der Waals surface area contributed by atoms with Crippen LogP contribution in [0.4, 0.5) is 5.82 Å². The third-order valence-corrected chi connectivity index (χ3v) is 7.80. The molecule has 14 heteroatoms. The topological polar surface area (TPSA) is 170 Å². The molecule has 0 bridgehead atoms. The number of nitrogen functional groups attached to an aromatic ring is 1. The molecule has 0 radical (unpaired) electrons. The summed E-state index contributed by atoms with van der Waals surface area (Å²) in [6, 6.07) is 0. The van der Waals surface area contributed by atoms with Crippen molar-refractivity contribution in [2.45, 2.75) is 97.1 Å². The number of ether oxygens (including phenoxy) is 3. The van der Waals surface area contributed by atoms with Gasteiger partial charge in [-0.3, -0.25) is 9.36 Å². The zero-order chi connectivity index (χ0) is 27.9. The number of esters is 2. The van der Waals surface area contributed by atoms with E-state index in [0.717, 1.165) is 19.3 Å². The van der Waals surface area contributed by atoms with Crippen molar-refractivity contribution in [3.05, 3.63) is 12.7 Å². The molecule has 1 fully saturated rings. The number of imidazole rings is 1. The highest BCUT2D eigenvalue weighted by Gasteiger charge is 2.47. The number of nitrogens with zero attached hydrogens (tertiary/aromatic N) is 4. The fourth-order valence-electron chi connectivity index (χ4n) is 4.31. The molecule has 3 rings (SSSR count). The Labute approximate surface area is 222 Å². The molecule has 1 aliphatic rings. The Bertz CT molecular complexity index is 1150. The predicted octanol–water partition coefficient (Wildman–Crippen LogP) is 3.18. The Hall–Kier alpha value is -2.60. The third kappa shape index (κ3) is 7.95. The maximum Gasteiger partial charge on any atom is 0.332 e. The van der Waals surface area contributed by atoms with Gasteiger partial charge < -0.3 is 29.0 Å². The van der Waals surface area contributed by atoms with Gasteiger partial charge in [-0.2, -0.15) is 0 Å². The van der Waals surface area contributed by atoms with E-state index in [0.29, 0.717) is 30.6 Å². The quantitative estimate of drug-likeness (QED) is 0.274. The highest BCUT2D eigenvalue weighted by molar-refractivity contribution is 7.56. The molecule has 2 atom stereocenters. The number of anilines is 1. The molecule has 0 aromatic carbocycles. The van der Waals surface area contributed by atoms with Crippen LogP contribution in [-0.2, 0) is 39.4 Å². The number of hydrogen-bond acceptors (Lipinski definition) is 11. The molecule has 0 aliphatic heterocycles. The van der Waals surface area contributed by atoms with Gasteiger partial charge in [0.1, 0.15) is 23.7 Å². The van der Waals surface area contributed by atoms with Crippen molar-refractivity contribution in [3.63, 3.8) is 0 Å². The minimum absolute atomic E-state index is 0.267. The molecule has 0 saturated heterocycles. The van der Waals surface area contributed by atoms with E-state index in [1.807, 2.05) is 0 Å². The number of carbonyl (C=O) groups excluding carboxylic acids is 2. The van der Waals surface area contributed by atoms with Crippen molar-refractivity contribution < 1.29 is 32.9 Å². The standard InChI is InChI=1S/C24H39N6O7P/c1-16(2)36-19(31)12-35-38(33,29-24(9-7-6-8-10-24)23(32)37-17(3)4)15-34-18(5)11-30-14-28-20-21(25)26-13-27-22(20)30/h13-14,16-18H,6-12,15H2,1-5H3,(H,29,33)(H2,25,26,27). The molecule has 2 heterocycles. The van der Waals surface area contributed by atoms with E-state index in [9.17, 15) is 14.2 Å². The number of fused-ring (bicyclic) bond motifs is 1. The Morgan fingerprint density at radius 3 is 2.42 bits per heavy atom. The van der Waals surface area contributed by atoms with E-state index in [1.54, 1.807) is 45.5 Å². The van der Waals surface area contributed by atoms with E-state index < -0.39 is 37.7 Å². The average Bonchev–Trinajstić information content (AvgIpc) is 3.25. The summed E-state index contributed by atoms with van der Waals surface area (Å²) >= 11 is 0. The second kappa shape index (κ2) is 13.0. The van der Waals surface area contributed by atoms with Gasteiger partial charge in [0, 0.05) is 0 Å². The summed E-state index contributed by atoms with van der Waals surface area (Å²) in [5.41, 5.74) is 5.67. The van der Waals surface area contributed by atoms with Crippen molar-refractivity contribution in [1.82, 2.24) is 24.6 Å². The third-order valence-electron chi connectivity index (χ3n) is 6.00. The van der Waals surface area contributed by atoms with Gasteiger partial charge >= 0.3 is 11.9 Å². The number of nitrogens with two attached hydrogens (primary N) is 1. The van der Waals surface area contributed by atoms with Crippen LogP contribution in [0.15, 0.2) is 12.7 Å². The SMILES string of the molecule is CC(C)OC(=O)COP(=O)(COC(C)Cn1cnc2c(N)ncnc21)NC1(C(=O)OC(C)C)CCCCC1. The molecule has 3 N–H and O–H groups in total. The first-order chi connectivity index (χ1) is 17.9. The number of carbonyl (C=O) groups is 2. The van der Waals surface area contributed by atoms with Crippen LogP contribution in [0.2, 0.25) is 0 Å². The van der Waals surface area contributed by atoms with Crippen LogP contribution in [-0.4, -0.2) is 68.3 Å². The minimum atomic E-state index is -3.89. The molecular weight excluding hydrogens is 515 g/mol. The van der Waals surface area contributed by atoms with Crippen molar-refractivity contribution >= 4 is 36.4 Å². The summed E-state index contributed by atoms with van der Waals surface area (Å²) in [5.74, 6) is -0.889. The lowest BCUT2D eigenvalue weighted by Crippen LogP contribution is -2.53. The molecule has 38 heavy (non-hydrogen) atoms. The van der Waals surface area contributed by atoms with Crippen LogP contribution in [0, 0.1) is 0 Å². The van der Waals surface area contributed by atoms with Crippen LogP contribution in [0.5, 0.6) is 0 Å². The summed E-state index contributed by atoms with van der Waals surface area (Å²) in [7, 11) is -3.89. The van der Waals surface area contributed by atoms with Gasteiger partial charge in [-0.15, -0.1) is 0 Å². The summed E-state index contributed by atoms with van der Waals surface area (Å²) in [5, 5.41) is 2.98. The first kappa shape index (κ1) is 29.9. The average molecular weight is 555 g/mol. The molecular formula is C24H39N6O7P. The molecule has 2 aromatic rings. The van der Waals surface area contributed by atoms with E-state index >= 15 is 0 Å². The van der Waals surface area contributed by atoms with Crippen LogP contribution < -0.4 is 10.8 Å². The smallest absolute Gasteiger partial charge is 0.332 e. The molecule has 0 spiro atoms. The van der Waals surface area contributed by atoms with Gasteiger partial charge in [-0.05, 0) is 47.5 Å². The van der Waals surface area contributed by atoms with Crippen LogP contribution in [0.25, 0.3) is 11.2 Å². The monoisotopic (exact) mass is 554 g/mol. The minimum Gasteiger partial charge on any atom is -0.462 e. The molecule has 2 aromatic heterocycles. The fraction of sp³-hybridized carbons (Fsp3) is 0.708. The second-order valence-corrected chi connectivity index (χ2v) is 12.2. The lowest BCUT2D eigenvalue weighted by atomic mass is 9.82. The normalized spacial score (nSPS) is 17.9. The van der Waals surface area contributed by atoms with Gasteiger partial charge in [0.05, 0.1) is 31.2 Å². The van der Waals surface area contributed by atoms with Crippen molar-refractivity contribution in [3.8, 4) is 0 Å². The number of nitrogens with one attached hydrogen (secondary N) is 1. The summed E-state index contributed by atoms with van der Waals surface area (Å²) in [4.78, 5) is 37.8. The fourth-order valence-corrected chi connectivity index (χ4v) is 6.25. The zero-order valence-corrected chi connectivity index (χ0v) is 23.6. The molecule has 0 amide bonds.